The van der Waals surface area contributed by atoms with Crippen LogP contribution in [0.2, 0.25) is 0 Å². The van der Waals surface area contributed by atoms with Crippen LogP contribution in [-0.2, 0) is 0 Å². The summed E-state index contributed by atoms with van der Waals surface area (Å²) in [4.78, 5) is 4.94. The molecule has 0 bridgehead atoms. The van der Waals surface area contributed by atoms with Crippen molar-refractivity contribution in [2.75, 3.05) is 7.05 Å². The molecule has 0 aromatic rings. The zero-order valence-electron chi connectivity index (χ0n) is 6.93. The summed E-state index contributed by atoms with van der Waals surface area (Å²) in [6.07, 6.45) is 2.16. The van der Waals surface area contributed by atoms with Gasteiger partial charge < -0.3 is 4.90 Å². The van der Waals surface area contributed by atoms with Gasteiger partial charge in [0.2, 0.25) is 0 Å². The standard InChI is InChI=1S/C8H13NS/c1-6-5-9(4)7(2)8(3)10-6/h5H,1-4H3. The van der Waals surface area contributed by atoms with E-state index in [9.17, 15) is 0 Å². The topological polar surface area (TPSA) is 3.24 Å². The zero-order valence-corrected chi connectivity index (χ0v) is 7.75. The van der Waals surface area contributed by atoms with E-state index in [2.05, 4.69) is 38.9 Å². The highest BCUT2D eigenvalue weighted by molar-refractivity contribution is 8.06. The van der Waals surface area contributed by atoms with Crippen LogP contribution in [0, 0.1) is 0 Å². The first-order valence-corrected chi connectivity index (χ1v) is 4.19. The van der Waals surface area contributed by atoms with Crippen LogP contribution in [0.1, 0.15) is 20.8 Å². The highest BCUT2D eigenvalue weighted by Gasteiger charge is 2.08. The molecule has 0 atom stereocenters. The summed E-state index contributed by atoms with van der Waals surface area (Å²) in [6, 6.07) is 0. The van der Waals surface area contributed by atoms with E-state index in [4.69, 9.17) is 0 Å². The van der Waals surface area contributed by atoms with Gasteiger partial charge in [0.1, 0.15) is 0 Å². The maximum absolute atomic E-state index is 2.17. The minimum atomic E-state index is 1.36. The van der Waals surface area contributed by atoms with E-state index in [1.165, 1.54) is 15.5 Å². The van der Waals surface area contributed by atoms with Gasteiger partial charge in [-0.15, -0.1) is 0 Å². The second-order valence-electron chi connectivity index (χ2n) is 2.59. The molecule has 0 spiro atoms. The molecule has 0 amide bonds. The van der Waals surface area contributed by atoms with Gasteiger partial charge in [0, 0.05) is 28.8 Å². The van der Waals surface area contributed by atoms with E-state index in [0.29, 0.717) is 0 Å². The van der Waals surface area contributed by atoms with Crippen LogP contribution in [0.25, 0.3) is 0 Å². The molecule has 0 unspecified atom stereocenters. The summed E-state index contributed by atoms with van der Waals surface area (Å²) in [7, 11) is 2.09. The minimum absolute atomic E-state index is 1.36. The minimum Gasteiger partial charge on any atom is -0.353 e. The van der Waals surface area contributed by atoms with Crippen LogP contribution in [0.15, 0.2) is 21.7 Å². The number of nitrogens with zero attached hydrogens (tertiary/aromatic N) is 1. The third-order valence-corrected chi connectivity index (χ3v) is 2.76. The molecule has 0 aromatic carbocycles. The van der Waals surface area contributed by atoms with Gasteiger partial charge >= 0.3 is 0 Å². The van der Waals surface area contributed by atoms with Gasteiger partial charge in [0.25, 0.3) is 0 Å². The Bertz CT molecular complexity index is 203. The van der Waals surface area contributed by atoms with E-state index >= 15 is 0 Å². The van der Waals surface area contributed by atoms with Gasteiger partial charge in [0.15, 0.2) is 0 Å². The van der Waals surface area contributed by atoms with Crippen LogP contribution >= 0.6 is 11.8 Å². The molecule has 0 saturated carbocycles. The monoisotopic (exact) mass is 155 g/mol. The lowest BCUT2D eigenvalue weighted by molar-refractivity contribution is 0.562. The molecule has 1 aliphatic rings. The SMILES string of the molecule is CC1=CN(C)C(C)=C(C)S1. The highest BCUT2D eigenvalue weighted by atomic mass is 32.2. The van der Waals surface area contributed by atoms with E-state index in [0.717, 1.165) is 0 Å². The molecule has 1 aliphatic heterocycles. The van der Waals surface area contributed by atoms with Crippen molar-refractivity contribution in [2.24, 2.45) is 0 Å². The average molecular weight is 155 g/mol. The third-order valence-electron chi connectivity index (χ3n) is 1.73. The lowest BCUT2D eigenvalue weighted by atomic mass is 10.4. The molecular weight excluding hydrogens is 142 g/mol. The molecule has 0 fully saturated rings. The number of allylic oxidation sites excluding steroid dienone is 3. The van der Waals surface area contributed by atoms with Gasteiger partial charge in [-0.1, -0.05) is 11.8 Å². The lowest BCUT2D eigenvalue weighted by Crippen LogP contribution is -2.11. The summed E-state index contributed by atoms with van der Waals surface area (Å²) in [5.74, 6) is 0. The van der Waals surface area contributed by atoms with E-state index in [1.54, 1.807) is 0 Å². The summed E-state index contributed by atoms with van der Waals surface area (Å²) in [5, 5.41) is 0. The molecule has 0 aromatic heterocycles. The molecule has 0 N–H and O–H groups in total. The van der Waals surface area contributed by atoms with Crippen molar-refractivity contribution in [1.29, 1.82) is 0 Å². The summed E-state index contributed by atoms with van der Waals surface area (Å²) < 4.78 is 0. The van der Waals surface area contributed by atoms with Gasteiger partial charge in [-0.3, -0.25) is 0 Å². The first kappa shape index (κ1) is 7.73. The third kappa shape index (κ3) is 1.37. The van der Waals surface area contributed by atoms with Gasteiger partial charge in [-0.25, -0.2) is 0 Å². The molecule has 1 nitrogen and oxygen atoms in total. The average Bonchev–Trinajstić information content (AvgIpc) is 1.82. The molecular formula is C8H13NS. The molecule has 1 rings (SSSR count). The fourth-order valence-electron chi connectivity index (χ4n) is 0.960. The van der Waals surface area contributed by atoms with Gasteiger partial charge in [-0.2, -0.15) is 0 Å². The number of thioether (sulfide) groups is 1. The smallest absolute Gasteiger partial charge is 0.0236 e. The molecule has 0 aliphatic carbocycles. The Morgan fingerprint density at radius 2 is 1.90 bits per heavy atom. The fourth-order valence-corrected chi connectivity index (χ4v) is 1.95. The van der Waals surface area contributed by atoms with E-state index in [-0.39, 0.29) is 0 Å². The zero-order chi connectivity index (χ0) is 7.72. The van der Waals surface area contributed by atoms with Crippen molar-refractivity contribution in [3.05, 3.63) is 21.7 Å². The summed E-state index contributed by atoms with van der Waals surface area (Å²) in [5.41, 5.74) is 1.36. The molecule has 1 heterocycles. The Hall–Kier alpha value is -0.370. The number of rotatable bonds is 0. The van der Waals surface area contributed by atoms with E-state index in [1.807, 2.05) is 11.8 Å². The van der Waals surface area contributed by atoms with Crippen molar-refractivity contribution in [1.82, 2.24) is 4.90 Å². The van der Waals surface area contributed by atoms with Crippen molar-refractivity contribution in [3.63, 3.8) is 0 Å². The Kier molecular flexibility index (Phi) is 2.09. The normalized spacial score (nSPS) is 19.6. The number of hydrogen-bond donors (Lipinski definition) is 0. The van der Waals surface area contributed by atoms with Crippen molar-refractivity contribution < 1.29 is 0 Å². The van der Waals surface area contributed by atoms with Crippen molar-refractivity contribution >= 4 is 11.8 Å². The predicted molar refractivity (Wildman–Crippen MR) is 47.5 cm³/mol. The summed E-state index contributed by atoms with van der Waals surface area (Å²) in [6.45, 7) is 6.44. The first-order valence-electron chi connectivity index (χ1n) is 3.38. The van der Waals surface area contributed by atoms with Gasteiger partial charge in [0.05, 0.1) is 0 Å². The Morgan fingerprint density at radius 3 is 2.40 bits per heavy atom. The highest BCUT2D eigenvalue weighted by Crippen LogP contribution is 2.32. The molecule has 56 valence electrons. The Labute approximate surface area is 66.8 Å². The second-order valence-corrected chi connectivity index (χ2v) is 4.05. The van der Waals surface area contributed by atoms with Gasteiger partial charge in [-0.05, 0) is 20.8 Å². The van der Waals surface area contributed by atoms with Crippen LogP contribution in [0.5, 0.6) is 0 Å². The van der Waals surface area contributed by atoms with Crippen molar-refractivity contribution in [2.45, 2.75) is 20.8 Å². The fraction of sp³-hybridized carbons (Fsp3) is 0.500. The van der Waals surface area contributed by atoms with E-state index < -0.39 is 0 Å². The van der Waals surface area contributed by atoms with Crippen LogP contribution in [-0.4, -0.2) is 11.9 Å². The van der Waals surface area contributed by atoms with Crippen molar-refractivity contribution in [3.8, 4) is 0 Å². The molecule has 0 saturated heterocycles. The number of hydrogen-bond acceptors (Lipinski definition) is 2. The maximum atomic E-state index is 2.17. The lowest BCUT2D eigenvalue weighted by Gasteiger charge is -2.23. The Balaban J connectivity index is 2.85. The Morgan fingerprint density at radius 1 is 1.30 bits per heavy atom. The van der Waals surface area contributed by atoms with Crippen LogP contribution < -0.4 is 0 Å². The molecule has 0 radical (unpaired) electrons. The second kappa shape index (κ2) is 2.70. The maximum Gasteiger partial charge on any atom is 0.0236 e. The molecule has 10 heavy (non-hydrogen) atoms. The molecule has 2 heteroatoms. The van der Waals surface area contributed by atoms with Crippen LogP contribution in [0.4, 0.5) is 0 Å². The quantitative estimate of drug-likeness (QED) is 0.529. The largest absolute Gasteiger partial charge is 0.353 e. The van der Waals surface area contributed by atoms with Crippen LogP contribution in [0.3, 0.4) is 0 Å². The summed E-state index contributed by atoms with van der Waals surface area (Å²) >= 11 is 1.85. The predicted octanol–water partition coefficient (Wildman–Crippen LogP) is 2.78. The first-order chi connectivity index (χ1) is 4.61.